The van der Waals surface area contributed by atoms with Gasteiger partial charge in [-0.2, -0.15) is 0 Å². The summed E-state index contributed by atoms with van der Waals surface area (Å²) in [5.41, 5.74) is 0.507. The van der Waals surface area contributed by atoms with Gasteiger partial charge in [0.2, 0.25) is 0 Å². The van der Waals surface area contributed by atoms with Crippen molar-refractivity contribution in [3.05, 3.63) is 59.7 Å². The second-order valence-electron chi connectivity index (χ2n) is 6.20. The Kier molecular flexibility index (Phi) is 4.08. The standard InChI is InChI=1S/C19H22O3/c20-17-10-6-15(7-11-17)19(22,14-4-2-1-3-5-14)16-8-12-18(21)13-9-16/h6-14,20-22H,1-5H2. The molecule has 116 valence electrons. The van der Waals surface area contributed by atoms with Gasteiger partial charge in [-0.25, -0.2) is 0 Å². The molecule has 1 aliphatic carbocycles. The average Bonchev–Trinajstić information content (AvgIpc) is 2.56. The van der Waals surface area contributed by atoms with Crippen LogP contribution in [0.4, 0.5) is 0 Å². The van der Waals surface area contributed by atoms with Crippen LogP contribution in [0.5, 0.6) is 11.5 Å². The van der Waals surface area contributed by atoms with Crippen molar-refractivity contribution in [2.24, 2.45) is 5.92 Å². The Bertz CT molecular complexity index is 565. The minimum Gasteiger partial charge on any atom is -0.508 e. The third-order valence-electron chi connectivity index (χ3n) is 4.81. The second-order valence-corrected chi connectivity index (χ2v) is 6.20. The molecule has 3 nitrogen and oxygen atoms in total. The summed E-state index contributed by atoms with van der Waals surface area (Å²) in [6.07, 6.45) is 5.44. The van der Waals surface area contributed by atoms with Gasteiger partial charge < -0.3 is 15.3 Å². The summed E-state index contributed by atoms with van der Waals surface area (Å²) in [6.45, 7) is 0. The number of phenolic OH excluding ortho intramolecular Hbond substituents is 2. The van der Waals surface area contributed by atoms with Crippen molar-refractivity contribution >= 4 is 0 Å². The van der Waals surface area contributed by atoms with Gasteiger partial charge >= 0.3 is 0 Å². The summed E-state index contributed by atoms with van der Waals surface area (Å²) in [6, 6.07) is 13.6. The Balaban J connectivity index is 2.08. The van der Waals surface area contributed by atoms with Crippen LogP contribution in [-0.2, 0) is 5.60 Å². The lowest BCUT2D eigenvalue weighted by atomic mass is 9.70. The van der Waals surface area contributed by atoms with E-state index < -0.39 is 5.60 Å². The first-order valence-corrected chi connectivity index (χ1v) is 7.92. The predicted molar refractivity (Wildman–Crippen MR) is 85.8 cm³/mol. The van der Waals surface area contributed by atoms with Gasteiger partial charge in [-0.15, -0.1) is 0 Å². The molecule has 0 saturated heterocycles. The summed E-state index contributed by atoms with van der Waals surface area (Å²) in [5, 5.41) is 30.6. The highest BCUT2D eigenvalue weighted by Crippen LogP contribution is 2.44. The minimum absolute atomic E-state index is 0.148. The van der Waals surface area contributed by atoms with Crippen molar-refractivity contribution in [1.29, 1.82) is 0 Å². The lowest BCUT2D eigenvalue weighted by Gasteiger charge is -2.39. The molecule has 2 aromatic rings. The summed E-state index contributed by atoms with van der Waals surface area (Å²) in [7, 11) is 0. The molecule has 2 aromatic carbocycles. The Hall–Kier alpha value is -2.00. The van der Waals surface area contributed by atoms with Gasteiger partial charge in [-0.05, 0) is 54.2 Å². The van der Waals surface area contributed by atoms with Gasteiger partial charge in [-0.1, -0.05) is 43.5 Å². The maximum Gasteiger partial charge on any atom is 0.117 e. The summed E-state index contributed by atoms with van der Waals surface area (Å²) < 4.78 is 0. The monoisotopic (exact) mass is 298 g/mol. The zero-order chi connectivity index (χ0) is 15.6. The fourth-order valence-electron chi connectivity index (χ4n) is 3.59. The fourth-order valence-corrected chi connectivity index (χ4v) is 3.59. The molecule has 0 atom stereocenters. The molecule has 0 bridgehead atoms. The van der Waals surface area contributed by atoms with Crippen LogP contribution < -0.4 is 0 Å². The maximum absolute atomic E-state index is 11.6. The van der Waals surface area contributed by atoms with Crippen molar-refractivity contribution < 1.29 is 15.3 Å². The van der Waals surface area contributed by atoms with Crippen LogP contribution in [0.2, 0.25) is 0 Å². The largest absolute Gasteiger partial charge is 0.508 e. The molecule has 22 heavy (non-hydrogen) atoms. The molecule has 3 N–H and O–H groups in total. The molecule has 3 rings (SSSR count). The van der Waals surface area contributed by atoms with Crippen molar-refractivity contribution in [2.45, 2.75) is 37.7 Å². The predicted octanol–water partition coefficient (Wildman–Crippen LogP) is 3.91. The van der Waals surface area contributed by atoms with E-state index in [1.807, 2.05) is 0 Å². The number of aliphatic hydroxyl groups is 1. The molecular weight excluding hydrogens is 276 g/mol. The molecule has 1 aliphatic rings. The molecule has 0 amide bonds. The van der Waals surface area contributed by atoms with E-state index in [9.17, 15) is 15.3 Å². The van der Waals surface area contributed by atoms with E-state index in [1.54, 1.807) is 48.5 Å². The Morgan fingerprint density at radius 3 is 1.50 bits per heavy atom. The quantitative estimate of drug-likeness (QED) is 0.805. The Morgan fingerprint density at radius 1 is 0.682 bits per heavy atom. The van der Waals surface area contributed by atoms with Crippen LogP contribution in [0.3, 0.4) is 0 Å². The molecule has 0 radical (unpaired) electrons. The molecule has 1 fully saturated rings. The molecule has 0 unspecified atom stereocenters. The number of hydrogen-bond donors (Lipinski definition) is 3. The zero-order valence-corrected chi connectivity index (χ0v) is 12.6. The molecule has 0 aliphatic heterocycles. The van der Waals surface area contributed by atoms with Gasteiger partial charge in [0.05, 0.1) is 0 Å². The SMILES string of the molecule is Oc1ccc(C(O)(c2ccc(O)cc2)C2CCCCC2)cc1. The summed E-state index contributed by atoms with van der Waals surface area (Å²) in [4.78, 5) is 0. The number of rotatable bonds is 3. The minimum atomic E-state index is -1.08. The molecule has 1 saturated carbocycles. The van der Waals surface area contributed by atoms with Crippen LogP contribution in [-0.4, -0.2) is 15.3 Å². The highest BCUT2D eigenvalue weighted by molar-refractivity contribution is 5.41. The topological polar surface area (TPSA) is 60.7 Å². The third kappa shape index (κ3) is 2.69. The van der Waals surface area contributed by atoms with E-state index >= 15 is 0 Å². The van der Waals surface area contributed by atoms with E-state index in [1.165, 1.54) is 6.42 Å². The van der Waals surface area contributed by atoms with Crippen LogP contribution in [0.15, 0.2) is 48.5 Å². The van der Waals surface area contributed by atoms with Crippen LogP contribution in [0.25, 0.3) is 0 Å². The normalized spacial score (nSPS) is 16.6. The van der Waals surface area contributed by atoms with E-state index in [0.717, 1.165) is 36.8 Å². The first-order valence-electron chi connectivity index (χ1n) is 7.92. The van der Waals surface area contributed by atoms with Crippen molar-refractivity contribution in [2.75, 3.05) is 0 Å². The smallest absolute Gasteiger partial charge is 0.117 e. The maximum atomic E-state index is 11.6. The Morgan fingerprint density at radius 2 is 1.09 bits per heavy atom. The summed E-state index contributed by atoms with van der Waals surface area (Å²) in [5.74, 6) is 0.538. The van der Waals surface area contributed by atoms with E-state index in [4.69, 9.17) is 0 Å². The van der Waals surface area contributed by atoms with Crippen molar-refractivity contribution in [3.8, 4) is 11.5 Å². The van der Waals surface area contributed by atoms with Gasteiger partial charge in [0.25, 0.3) is 0 Å². The van der Waals surface area contributed by atoms with Gasteiger partial charge in [-0.3, -0.25) is 0 Å². The lowest BCUT2D eigenvalue weighted by molar-refractivity contribution is -0.000764. The molecule has 0 spiro atoms. The van der Waals surface area contributed by atoms with Crippen LogP contribution >= 0.6 is 0 Å². The first kappa shape index (κ1) is 14.9. The fraction of sp³-hybridized carbons (Fsp3) is 0.368. The van der Waals surface area contributed by atoms with Gasteiger partial charge in [0.15, 0.2) is 0 Å². The third-order valence-corrected chi connectivity index (χ3v) is 4.81. The van der Waals surface area contributed by atoms with E-state index in [0.29, 0.717) is 0 Å². The number of aromatic hydroxyl groups is 2. The van der Waals surface area contributed by atoms with Crippen molar-refractivity contribution in [1.82, 2.24) is 0 Å². The van der Waals surface area contributed by atoms with Crippen LogP contribution in [0, 0.1) is 5.92 Å². The number of hydrogen-bond acceptors (Lipinski definition) is 3. The number of benzene rings is 2. The lowest BCUT2D eigenvalue weighted by Crippen LogP contribution is -2.37. The first-order chi connectivity index (χ1) is 10.6. The number of phenols is 2. The molecule has 0 aromatic heterocycles. The van der Waals surface area contributed by atoms with Crippen molar-refractivity contribution in [3.63, 3.8) is 0 Å². The Labute approximate surface area is 130 Å². The highest BCUT2D eigenvalue weighted by atomic mass is 16.3. The van der Waals surface area contributed by atoms with Gasteiger partial charge in [0, 0.05) is 0 Å². The van der Waals surface area contributed by atoms with E-state index in [-0.39, 0.29) is 17.4 Å². The summed E-state index contributed by atoms with van der Waals surface area (Å²) >= 11 is 0. The van der Waals surface area contributed by atoms with Gasteiger partial charge in [0.1, 0.15) is 17.1 Å². The van der Waals surface area contributed by atoms with E-state index in [2.05, 4.69) is 0 Å². The molecular formula is C19H22O3. The van der Waals surface area contributed by atoms with Crippen LogP contribution in [0.1, 0.15) is 43.2 Å². The average molecular weight is 298 g/mol. The molecule has 3 heteroatoms. The second kappa shape index (κ2) is 6.01. The zero-order valence-electron chi connectivity index (χ0n) is 12.6. The highest BCUT2D eigenvalue weighted by Gasteiger charge is 2.40. The molecule has 0 heterocycles.